The lowest BCUT2D eigenvalue weighted by Crippen LogP contribution is -2.79. The first-order valence-electron chi connectivity index (χ1n) is 11.2. The number of piperidine rings is 1. The van der Waals surface area contributed by atoms with E-state index in [0.29, 0.717) is 37.0 Å². The molecule has 4 aliphatic rings. The van der Waals surface area contributed by atoms with E-state index in [-0.39, 0.29) is 17.4 Å². The van der Waals surface area contributed by atoms with Gasteiger partial charge in [-0.3, -0.25) is 10.2 Å². The second kappa shape index (κ2) is 8.42. The number of nitrogens with two attached hydrogens (primary N) is 1. The molecule has 2 fully saturated rings. The summed E-state index contributed by atoms with van der Waals surface area (Å²) in [5.41, 5.74) is 5.75. The number of esters is 1. The van der Waals surface area contributed by atoms with Crippen LogP contribution in [-0.4, -0.2) is 54.8 Å². The second-order valence-corrected chi connectivity index (χ2v) is 9.74. The van der Waals surface area contributed by atoms with Gasteiger partial charge in [0.2, 0.25) is 0 Å². The van der Waals surface area contributed by atoms with Crippen molar-refractivity contribution in [3.63, 3.8) is 0 Å². The number of ether oxygens (including phenoxy) is 2. The average molecular weight is 415 g/mol. The number of benzene rings is 1. The van der Waals surface area contributed by atoms with E-state index in [2.05, 4.69) is 55.3 Å². The van der Waals surface area contributed by atoms with E-state index < -0.39 is 6.10 Å². The molecule has 2 saturated heterocycles. The first kappa shape index (κ1) is 21.5. The molecule has 1 aromatic rings. The van der Waals surface area contributed by atoms with Crippen molar-refractivity contribution in [3.8, 4) is 0 Å². The standard InChI is InChI=1S/C24H32N2O3.H2O/c1-14(2)12-29-24(27)23-18-10-21-22-17(16-6-4-5-7-20(16)25-22)8-9-26(21)11-19(18)15(3)13-28-23;/h4-7,14-15,18-19,21,23,25H,8-13H2,1-3H3;1H2/t15-,18+,19-,21+,23?;/m1./s1. The maximum Gasteiger partial charge on any atom is 0.335 e. The minimum Gasteiger partial charge on any atom is -0.870 e. The maximum absolute atomic E-state index is 12.8. The summed E-state index contributed by atoms with van der Waals surface area (Å²) in [5, 5.41) is 2.39. The summed E-state index contributed by atoms with van der Waals surface area (Å²) in [6.45, 7) is 9.73. The number of carbonyl (C=O) groups excluding carboxylic acids is 1. The van der Waals surface area contributed by atoms with Gasteiger partial charge in [-0.2, -0.15) is 0 Å². The molecule has 0 aliphatic carbocycles. The Morgan fingerprint density at radius 2 is 2.10 bits per heavy atom. The lowest BCUT2D eigenvalue weighted by molar-refractivity contribution is -0.521. The van der Waals surface area contributed by atoms with Crippen molar-refractivity contribution in [1.29, 1.82) is 0 Å². The van der Waals surface area contributed by atoms with Crippen LogP contribution in [0.3, 0.4) is 0 Å². The third kappa shape index (κ3) is 3.60. The van der Waals surface area contributed by atoms with Gasteiger partial charge < -0.3 is 14.9 Å². The van der Waals surface area contributed by atoms with E-state index in [4.69, 9.17) is 9.47 Å². The van der Waals surface area contributed by atoms with Gasteiger partial charge in [-0.05, 0) is 36.7 Å². The molecule has 0 saturated carbocycles. The van der Waals surface area contributed by atoms with Crippen LogP contribution in [0.25, 0.3) is 5.57 Å². The molecule has 4 aliphatic heterocycles. The topological polar surface area (TPSA) is 85.4 Å². The molecule has 5 atom stereocenters. The molecule has 6 heteroatoms. The van der Waals surface area contributed by atoms with Gasteiger partial charge in [0.1, 0.15) is 11.4 Å². The normalized spacial score (nSPS) is 32.6. The Balaban J connectivity index is 0.00000218. The molecule has 0 radical (unpaired) electrons. The maximum atomic E-state index is 12.8. The van der Waals surface area contributed by atoms with Gasteiger partial charge in [0, 0.05) is 36.2 Å². The highest BCUT2D eigenvalue weighted by molar-refractivity contribution is 5.79. The predicted octanol–water partition coefficient (Wildman–Crippen LogP) is 2.37. The Labute approximate surface area is 178 Å². The fraction of sp³-hybridized carbons (Fsp3) is 0.625. The summed E-state index contributed by atoms with van der Waals surface area (Å²) in [6, 6.07) is 9.14. The Morgan fingerprint density at radius 3 is 2.90 bits per heavy atom. The summed E-state index contributed by atoms with van der Waals surface area (Å²) in [5.74, 6) is 1.41. The fourth-order valence-corrected chi connectivity index (χ4v) is 5.85. The average Bonchev–Trinajstić information content (AvgIpc) is 3.10. The number of fused-ring (bicyclic) bond motifs is 5. The van der Waals surface area contributed by atoms with Gasteiger partial charge in [-0.15, -0.1) is 0 Å². The molecule has 6 nitrogen and oxygen atoms in total. The van der Waals surface area contributed by atoms with Crippen LogP contribution < -0.4 is 5.32 Å². The van der Waals surface area contributed by atoms with Crippen LogP contribution in [0, 0.1) is 23.7 Å². The van der Waals surface area contributed by atoms with Crippen LogP contribution >= 0.6 is 0 Å². The van der Waals surface area contributed by atoms with Gasteiger partial charge in [-0.1, -0.05) is 32.9 Å². The number of para-hydroxylation sites is 1. The molecule has 0 spiro atoms. The molecule has 0 aromatic heterocycles. The van der Waals surface area contributed by atoms with Gasteiger partial charge in [0.25, 0.3) is 0 Å². The van der Waals surface area contributed by atoms with Crippen LogP contribution in [-0.2, 0) is 14.3 Å². The highest BCUT2D eigenvalue weighted by Gasteiger charge is 2.51. The molecule has 0 amide bonds. The Bertz CT molecular complexity index is 836. The molecule has 4 heterocycles. The highest BCUT2D eigenvalue weighted by atomic mass is 16.6. The van der Waals surface area contributed by atoms with Crippen LogP contribution in [0.1, 0.15) is 39.2 Å². The van der Waals surface area contributed by atoms with E-state index in [1.807, 2.05) is 0 Å². The zero-order chi connectivity index (χ0) is 20.1. The SMILES string of the molecule is CC(C)COC(=O)C1OC[C@@H](C)[C@H]2CN3CCC4=C([NH2+]c5ccccc54)[C@@H]3C[C@H]12.[OH-]. The number of carbonyl (C=O) groups is 1. The van der Waals surface area contributed by atoms with Crippen LogP contribution in [0.5, 0.6) is 0 Å². The Hall–Kier alpha value is -1.73. The second-order valence-electron chi connectivity index (χ2n) is 9.74. The molecule has 30 heavy (non-hydrogen) atoms. The minimum absolute atomic E-state index is 0. The summed E-state index contributed by atoms with van der Waals surface area (Å²) < 4.78 is 11.7. The van der Waals surface area contributed by atoms with Crippen molar-refractivity contribution >= 4 is 17.2 Å². The summed E-state index contributed by atoms with van der Waals surface area (Å²) in [7, 11) is 0. The summed E-state index contributed by atoms with van der Waals surface area (Å²) >= 11 is 0. The quantitative estimate of drug-likeness (QED) is 0.606. The smallest absolute Gasteiger partial charge is 0.335 e. The number of hydrogen-bond donors (Lipinski definition) is 1. The van der Waals surface area contributed by atoms with Crippen molar-refractivity contribution in [3.05, 3.63) is 35.5 Å². The first-order valence-corrected chi connectivity index (χ1v) is 11.2. The first-order chi connectivity index (χ1) is 14.0. The number of hydrogen-bond acceptors (Lipinski definition) is 5. The van der Waals surface area contributed by atoms with Gasteiger partial charge in [0.15, 0.2) is 6.10 Å². The van der Waals surface area contributed by atoms with Crippen molar-refractivity contribution < 1.29 is 25.1 Å². The predicted molar refractivity (Wildman–Crippen MR) is 113 cm³/mol. The largest absolute Gasteiger partial charge is 0.870 e. The third-order valence-corrected chi connectivity index (χ3v) is 7.33. The van der Waals surface area contributed by atoms with Gasteiger partial charge >= 0.3 is 5.97 Å². The third-order valence-electron chi connectivity index (χ3n) is 7.33. The Morgan fingerprint density at radius 1 is 1.30 bits per heavy atom. The molecular formula is C24H34N2O4. The molecule has 1 unspecified atom stereocenters. The molecule has 3 N–H and O–H groups in total. The van der Waals surface area contributed by atoms with Crippen LogP contribution in [0.4, 0.5) is 5.69 Å². The van der Waals surface area contributed by atoms with Crippen LogP contribution in [0.2, 0.25) is 0 Å². The molecule has 164 valence electrons. The van der Waals surface area contributed by atoms with Crippen LogP contribution in [0.15, 0.2) is 30.0 Å². The zero-order valence-electron chi connectivity index (χ0n) is 18.2. The van der Waals surface area contributed by atoms with E-state index in [1.165, 1.54) is 22.5 Å². The molecule has 0 bridgehead atoms. The number of nitrogens with zero attached hydrogens (tertiary/aromatic N) is 1. The van der Waals surface area contributed by atoms with Crippen molar-refractivity contribution in [2.24, 2.45) is 23.7 Å². The number of rotatable bonds is 3. The monoisotopic (exact) mass is 414 g/mol. The van der Waals surface area contributed by atoms with Gasteiger partial charge in [0.05, 0.1) is 19.3 Å². The fourth-order valence-electron chi connectivity index (χ4n) is 5.85. The highest BCUT2D eigenvalue weighted by Crippen LogP contribution is 2.45. The molecule has 1 aromatic carbocycles. The van der Waals surface area contributed by atoms with Gasteiger partial charge in [-0.25, -0.2) is 4.79 Å². The van der Waals surface area contributed by atoms with E-state index >= 15 is 0 Å². The lowest BCUT2D eigenvalue weighted by atomic mass is 9.69. The van der Waals surface area contributed by atoms with Crippen molar-refractivity contribution in [1.82, 2.24) is 4.90 Å². The summed E-state index contributed by atoms with van der Waals surface area (Å²) in [6.07, 6.45) is 1.70. The molecule has 5 rings (SSSR count). The van der Waals surface area contributed by atoms with Crippen molar-refractivity contribution in [2.45, 2.75) is 45.8 Å². The van der Waals surface area contributed by atoms with E-state index in [0.717, 1.165) is 25.9 Å². The Kier molecular flexibility index (Phi) is 6.04. The zero-order valence-corrected chi connectivity index (χ0v) is 18.2. The number of quaternary nitrogens is 1. The summed E-state index contributed by atoms with van der Waals surface area (Å²) in [4.78, 5) is 15.5. The minimum atomic E-state index is -0.410. The lowest BCUT2D eigenvalue weighted by Gasteiger charge is -2.51. The van der Waals surface area contributed by atoms with Crippen molar-refractivity contribution in [2.75, 3.05) is 26.3 Å². The van der Waals surface area contributed by atoms with E-state index in [1.54, 1.807) is 0 Å². The molecular weight excluding hydrogens is 380 g/mol. The van der Waals surface area contributed by atoms with E-state index in [9.17, 15) is 4.79 Å².